The van der Waals surface area contributed by atoms with Gasteiger partial charge in [0.25, 0.3) is 5.91 Å². The van der Waals surface area contributed by atoms with Crippen LogP contribution in [0, 0.1) is 0 Å². The van der Waals surface area contributed by atoms with E-state index in [0.29, 0.717) is 11.4 Å². The topological polar surface area (TPSA) is 64.3 Å². The van der Waals surface area contributed by atoms with Crippen molar-refractivity contribution < 1.29 is 9.53 Å². The molecule has 0 bridgehead atoms. The largest absolute Gasteiger partial charge is 0.482 e. The first-order valence-electron chi connectivity index (χ1n) is 7.06. The van der Waals surface area contributed by atoms with Crippen molar-refractivity contribution in [3.63, 3.8) is 0 Å². The predicted molar refractivity (Wildman–Crippen MR) is 82.1 cm³/mol. The Kier molecular flexibility index (Phi) is 3.77. The van der Waals surface area contributed by atoms with Crippen molar-refractivity contribution in [1.82, 2.24) is 5.32 Å². The summed E-state index contributed by atoms with van der Waals surface area (Å²) in [5.41, 5.74) is 8.94. The Balaban J connectivity index is 1.51. The molecule has 0 aromatic heterocycles. The number of anilines is 1. The van der Waals surface area contributed by atoms with Gasteiger partial charge >= 0.3 is 0 Å². The zero-order chi connectivity index (χ0) is 14.7. The molecule has 0 spiro atoms. The molecule has 3 N–H and O–H groups in total. The summed E-state index contributed by atoms with van der Waals surface area (Å²) in [6, 6.07) is 15.6. The molecule has 0 fully saturated rings. The van der Waals surface area contributed by atoms with Gasteiger partial charge in [-0.25, -0.2) is 0 Å². The lowest BCUT2D eigenvalue weighted by Gasteiger charge is -2.13. The molecular weight excluding hydrogens is 264 g/mol. The van der Waals surface area contributed by atoms with Crippen LogP contribution < -0.4 is 15.8 Å². The number of rotatable bonds is 4. The van der Waals surface area contributed by atoms with Gasteiger partial charge in [-0.2, -0.15) is 0 Å². The third kappa shape index (κ3) is 3.16. The molecule has 1 aliphatic carbocycles. The first kappa shape index (κ1) is 13.5. The molecule has 0 aliphatic heterocycles. The molecule has 2 aromatic rings. The number of benzene rings is 2. The van der Waals surface area contributed by atoms with Crippen LogP contribution in [0.5, 0.6) is 5.75 Å². The Morgan fingerprint density at radius 1 is 1.10 bits per heavy atom. The molecule has 0 saturated heterocycles. The van der Waals surface area contributed by atoms with Crippen LogP contribution in [0.3, 0.4) is 0 Å². The minimum Gasteiger partial charge on any atom is -0.482 e. The maximum Gasteiger partial charge on any atom is 0.258 e. The Bertz CT molecular complexity index is 630. The number of fused-ring (bicyclic) bond motifs is 1. The van der Waals surface area contributed by atoms with E-state index in [-0.39, 0.29) is 18.6 Å². The van der Waals surface area contributed by atoms with Crippen LogP contribution in [-0.4, -0.2) is 18.6 Å². The molecule has 2 aromatic carbocycles. The first-order chi connectivity index (χ1) is 10.2. The van der Waals surface area contributed by atoms with E-state index in [4.69, 9.17) is 10.5 Å². The molecule has 0 atom stereocenters. The van der Waals surface area contributed by atoms with Crippen molar-refractivity contribution in [2.24, 2.45) is 0 Å². The van der Waals surface area contributed by atoms with E-state index in [2.05, 4.69) is 17.4 Å². The van der Waals surface area contributed by atoms with E-state index < -0.39 is 0 Å². The van der Waals surface area contributed by atoms with E-state index >= 15 is 0 Å². The van der Waals surface area contributed by atoms with E-state index in [1.54, 1.807) is 12.1 Å². The number of nitrogen functional groups attached to an aromatic ring is 1. The summed E-state index contributed by atoms with van der Waals surface area (Å²) in [7, 11) is 0. The van der Waals surface area contributed by atoms with Crippen LogP contribution in [0.15, 0.2) is 48.5 Å². The summed E-state index contributed by atoms with van der Waals surface area (Å²) in [5.74, 6) is 0.429. The van der Waals surface area contributed by atoms with Crippen LogP contribution in [-0.2, 0) is 17.6 Å². The van der Waals surface area contributed by atoms with Gasteiger partial charge in [-0.3, -0.25) is 4.79 Å². The molecule has 0 saturated carbocycles. The number of ether oxygens (including phenoxy) is 1. The molecule has 1 aliphatic rings. The number of nitrogens with two attached hydrogens (primary N) is 1. The fraction of sp³-hybridized carbons (Fsp3) is 0.235. The molecule has 0 heterocycles. The summed E-state index contributed by atoms with van der Waals surface area (Å²) < 4.78 is 5.45. The highest BCUT2D eigenvalue weighted by Crippen LogP contribution is 2.22. The Morgan fingerprint density at radius 3 is 2.38 bits per heavy atom. The van der Waals surface area contributed by atoms with Gasteiger partial charge in [0.1, 0.15) is 5.75 Å². The van der Waals surface area contributed by atoms with Crippen LogP contribution in [0.25, 0.3) is 0 Å². The number of nitrogens with one attached hydrogen (secondary N) is 1. The Hall–Kier alpha value is -2.49. The van der Waals surface area contributed by atoms with E-state index in [0.717, 1.165) is 12.8 Å². The first-order valence-corrected chi connectivity index (χ1v) is 7.06. The smallest absolute Gasteiger partial charge is 0.258 e. The highest BCUT2D eigenvalue weighted by molar-refractivity contribution is 5.78. The summed E-state index contributed by atoms with van der Waals surface area (Å²) in [6.07, 6.45) is 1.77. The maximum atomic E-state index is 12.0. The molecule has 4 heteroatoms. The van der Waals surface area contributed by atoms with E-state index in [1.165, 1.54) is 11.1 Å². The number of hydrogen-bond donors (Lipinski definition) is 2. The summed E-state index contributed by atoms with van der Waals surface area (Å²) >= 11 is 0. The monoisotopic (exact) mass is 282 g/mol. The molecular formula is C17H18N2O2. The molecule has 0 unspecified atom stereocenters. The van der Waals surface area contributed by atoms with Crippen molar-refractivity contribution in [3.8, 4) is 5.75 Å². The zero-order valence-electron chi connectivity index (χ0n) is 11.7. The molecule has 3 rings (SSSR count). The second-order valence-corrected chi connectivity index (χ2v) is 5.27. The number of amides is 1. The van der Waals surface area contributed by atoms with Crippen LogP contribution in [0.1, 0.15) is 11.1 Å². The standard InChI is InChI=1S/C17H18N2O2/c18-15-7-3-4-8-16(15)21-11-17(20)19-14-9-12-5-1-2-6-13(12)10-14/h1-8,14H,9-11,18H2,(H,19,20). The summed E-state index contributed by atoms with van der Waals surface area (Å²) in [4.78, 5) is 12.0. The second-order valence-electron chi connectivity index (χ2n) is 5.27. The molecule has 108 valence electrons. The van der Waals surface area contributed by atoms with Crippen molar-refractivity contribution >= 4 is 11.6 Å². The fourth-order valence-corrected chi connectivity index (χ4v) is 2.69. The van der Waals surface area contributed by atoms with Gasteiger partial charge < -0.3 is 15.8 Å². The van der Waals surface area contributed by atoms with Gasteiger partial charge in [-0.15, -0.1) is 0 Å². The van der Waals surface area contributed by atoms with Crippen molar-refractivity contribution in [3.05, 3.63) is 59.7 Å². The van der Waals surface area contributed by atoms with E-state index in [1.807, 2.05) is 24.3 Å². The third-order valence-corrected chi connectivity index (χ3v) is 3.69. The highest BCUT2D eigenvalue weighted by atomic mass is 16.5. The minimum atomic E-state index is -0.115. The van der Waals surface area contributed by atoms with Crippen molar-refractivity contribution in [2.75, 3.05) is 12.3 Å². The average Bonchev–Trinajstić information content (AvgIpc) is 2.88. The van der Waals surface area contributed by atoms with Gasteiger partial charge in [0.2, 0.25) is 0 Å². The molecule has 21 heavy (non-hydrogen) atoms. The van der Waals surface area contributed by atoms with Crippen LogP contribution in [0.4, 0.5) is 5.69 Å². The van der Waals surface area contributed by atoms with Crippen LogP contribution in [0.2, 0.25) is 0 Å². The lowest BCUT2D eigenvalue weighted by Crippen LogP contribution is -2.38. The predicted octanol–water partition coefficient (Wildman–Crippen LogP) is 1.93. The molecule has 0 radical (unpaired) electrons. The quantitative estimate of drug-likeness (QED) is 0.842. The molecule has 1 amide bonds. The Labute approximate surface area is 123 Å². The van der Waals surface area contributed by atoms with E-state index in [9.17, 15) is 4.79 Å². The highest BCUT2D eigenvalue weighted by Gasteiger charge is 2.22. The third-order valence-electron chi connectivity index (χ3n) is 3.69. The van der Waals surface area contributed by atoms with Gasteiger partial charge in [0.05, 0.1) is 5.69 Å². The van der Waals surface area contributed by atoms with Crippen molar-refractivity contribution in [1.29, 1.82) is 0 Å². The van der Waals surface area contributed by atoms with Gasteiger partial charge in [0, 0.05) is 6.04 Å². The van der Waals surface area contributed by atoms with Gasteiger partial charge in [-0.1, -0.05) is 36.4 Å². The Morgan fingerprint density at radius 2 is 1.71 bits per heavy atom. The zero-order valence-corrected chi connectivity index (χ0v) is 11.7. The normalized spacial score (nSPS) is 13.7. The number of carbonyl (C=O) groups excluding carboxylic acids is 1. The molecule has 4 nitrogen and oxygen atoms in total. The van der Waals surface area contributed by atoms with Crippen molar-refractivity contribution in [2.45, 2.75) is 18.9 Å². The lowest BCUT2D eigenvalue weighted by atomic mass is 10.1. The minimum absolute atomic E-state index is 0.0128. The number of para-hydroxylation sites is 2. The SMILES string of the molecule is Nc1ccccc1OCC(=O)NC1Cc2ccccc2C1. The second kappa shape index (κ2) is 5.87. The van der Waals surface area contributed by atoms with Gasteiger partial charge in [0.15, 0.2) is 6.61 Å². The summed E-state index contributed by atoms with van der Waals surface area (Å²) in [6.45, 7) is -0.0128. The fourth-order valence-electron chi connectivity index (χ4n) is 2.69. The lowest BCUT2D eigenvalue weighted by molar-refractivity contribution is -0.123. The number of hydrogen-bond acceptors (Lipinski definition) is 3. The summed E-state index contributed by atoms with van der Waals surface area (Å²) in [5, 5.41) is 3.01. The average molecular weight is 282 g/mol. The van der Waals surface area contributed by atoms with Gasteiger partial charge in [-0.05, 0) is 36.1 Å². The van der Waals surface area contributed by atoms with Crippen LogP contribution >= 0.6 is 0 Å². The maximum absolute atomic E-state index is 12.0. The number of carbonyl (C=O) groups is 1.